The molecule has 0 amide bonds. The highest BCUT2D eigenvalue weighted by Gasteiger charge is 2.06. The normalized spacial score (nSPS) is 11.1. The van der Waals surface area contributed by atoms with Crippen LogP contribution in [-0.2, 0) is 0 Å². The summed E-state index contributed by atoms with van der Waals surface area (Å²) >= 11 is 2.99. The van der Waals surface area contributed by atoms with Gasteiger partial charge in [0.25, 0.3) is 0 Å². The molecule has 2 N–H and O–H groups in total. The maximum Gasteiger partial charge on any atom is 0.134 e. The summed E-state index contributed by atoms with van der Waals surface area (Å²) in [5.74, 6) is -1.20. The van der Waals surface area contributed by atoms with Crippen LogP contribution in [0.4, 0.5) is 8.78 Å². The molecule has 1 aromatic rings. The first kappa shape index (κ1) is 10.3. The quantitative estimate of drug-likeness (QED) is 0.855. The van der Waals surface area contributed by atoms with Crippen LogP contribution < -0.4 is 5.73 Å². The molecule has 0 unspecified atom stereocenters. The first-order valence-corrected chi connectivity index (χ1v) is 4.45. The molecule has 0 fully saturated rings. The summed E-state index contributed by atoms with van der Waals surface area (Å²) in [5, 5.41) is 0. The Kier molecular flexibility index (Phi) is 3.57. The zero-order valence-corrected chi connectivity index (χ0v) is 8.31. The molecule has 13 heavy (non-hydrogen) atoms. The molecule has 1 rings (SSSR count). The number of halogens is 3. The molecule has 0 saturated heterocycles. The monoisotopic (exact) mass is 247 g/mol. The molecule has 1 aromatic carbocycles. The molecule has 4 heteroatoms. The molecule has 0 atom stereocenters. The molecule has 0 radical (unpaired) electrons. The van der Waals surface area contributed by atoms with Crippen LogP contribution in [-0.4, -0.2) is 6.54 Å². The van der Waals surface area contributed by atoms with Gasteiger partial charge in [-0.3, -0.25) is 0 Å². The van der Waals surface area contributed by atoms with Gasteiger partial charge in [0.15, 0.2) is 0 Å². The molecule has 0 aliphatic heterocycles. The van der Waals surface area contributed by atoms with Gasteiger partial charge >= 0.3 is 0 Å². The SMILES string of the molecule is NC/C=C/c1c(F)cc(Br)cc1F. The van der Waals surface area contributed by atoms with Crippen LogP contribution in [0.5, 0.6) is 0 Å². The lowest BCUT2D eigenvalue weighted by Crippen LogP contribution is -1.94. The van der Waals surface area contributed by atoms with Gasteiger partial charge in [-0.15, -0.1) is 0 Å². The second-order valence-corrected chi connectivity index (χ2v) is 3.34. The molecule has 0 spiro atoms. The third-order valence-electron chi connectivity index (χ3n) is 1.46. The Bertz CT molecular complexity index is 313. The van der Waals surface area contributed by atoms with E-state index in [1.54, 1.807) is 0 Å². The van der Waals surface area contributed by atoms with Crippen molar-refractivity contribution in [2.75, 3.05) is 6.54 Å². The van der Waals surface area contributed by atoms with Gasteiger partial charge < -0.3 is 5.73 Å². The highest BCUT2D eigenvalue weighted by Crippen LogP contribution is 2.20. The topological polar surface area (TPSA) is 26.0 Å². The Morgan fingerprint density at radius 3 is 2.31 bits per heavy atom. The van der Waals surface area contributed by atoms with Crippen molar-refractivity contribution in [2.24, 2.45) is 5.73 Å². The molecule has 0 aromatic heterocycles. The van der Waals surface area contributed by atoms with Crippen molar-refractivity contribution >= 4 is 22.0 Å². The van der Waals surface area contributed by atoms with Gasteiger partial charge in [0, 0.05) is 16.6 Å². The average Bonchev–Trinajstić information content (AvgIpc) is 2.02. The van der Waals surface area contributed by atoms with Crippen LogP contribution >= 0.6 is 15.9 Å². The Balaban J connectivity index is 3.13. The van der Waals surface area contributed by atoms with Gasteiger partial charge in [-0.25, -0.2) is 8.78 Å². The van der Waals surface area contributed by atoms with Gasteiger partial charge in [0.2, 0.25) is 0 Å². The number of nitrogens with two attached hydrogens (primary N) is 1. The fourth-order valence-corrected chi connectivity index (χ4v) is 1.30. The van der Waals surface area contributed by atoms with Gasteiger partial charge in [-0.05, 0) is 12.1 Å². The number of rotatable bonds is 2. The largest absolute Gasteiger partial charge is 0.327 e. The van der Waals surface area contributed by atoms with Crippen molar-refractivity contribution in [3.05, 3.63) is 39.9 Å². The first-order valence-electron chi connectivity index (χ1n) is 3.66. The van der Waals surface area contributed by atoms with Crippen LogP contribution in [0.1, 0.15) is 5.56 Å². The van der Waals surface area contributed by atoms with E-state index in [9.17, 15) is 8.78 Å². The maximum atomic E-state index is 13.1. The number of hydrogen-bond acceptors (Lipinski definition) is 1. The Hall–Kier alpha value is -0.740. The molecule has 0 bridgehead atoms. The molecule has 0 saturated carbocycles. The van der Waals surface area contributed by atoms with E-state index in [2.05, 4.69) is 15.9 Å². The summed E-state index contributed by atoms with van der Waals surface area (Å²) in [5.41, 5.74) is 5.10. The Morgan fingerprint density at radius 1 is 1.31 bits per heavy atom. The fourth-order valence-electron chi connectivity index (χ4n) is 0.898. The lowest BCUT2D eigenvalue weighted by atomic mass is 10.2. The van der Waals surface area contributed by atoms with Gasteiger partial charge in [-0.2, -0.15) is 0 Å². The Morgan fingerprint density at radius 2 is 1.85 bits per heavy atom. The van der Waals surface area contributed by atoms with Crippen molar-refractivity contribution in [2.45, 2.75) is 0 Å². The molecule has 0 aliphatic rings. The third-order valence-corrected chi connectivity index (χ3v) is 1.92. The summed E-state index contributed by atoms with van der Waals surface area (Å²) in [6.07, 6.45) is 2.83. The second-order valence-electron chi connectivity index (χ2n) is 2.42. The van der Waals surface area contributed by atoms with Crippen LogP contribution in [0.3, 0.4) is 0 Å². The summed E-state index contributed by atoms with van der Waals surface area (Å²) in [7, 11) is 0. The van der Waals surface area contributed by atoms with Gasteiger partial charge in [-0.1, -0.05) is 28.1 Å². The van der Waals surface area contributed by atoms with E-state index in [0.717, 1.165) is 0 Å². The minimum atomic E-state index is -0.600. The smallest absolute Gasteiger partial charge is 0.134 e. The predicted octanol–water partition coefficient (Wildman–Crippen LogP) is 2.70. The Labute approximate surface area is 83.4 Å². The highest BCUT2D eigenvalue weighted by atomic mass is 79.9. The lowest BCUT2D eigenvalue weighted by molar-refractivity contribution is 0.577. The van der Waals surface area contributed by atoms with Crippen molar-refractivity contribution in [3.8, 4) is 0 Å². The van der Waals surface area contributed by atoms with E-state index in [0.29, 0.717) is 4.47 Å². The summed E-state index contributed by atoms with van der Waals surface area (Å²) < 4.78 is 26.5. The van der Waals surface area contributed by atoms with E-state index in [1.807, 2.05) is 0 Å². The average molecular weight is 248 g/mol. The van der Waals surface area contributed by atoms with Crippen LogP contribution in [0, 0.1) is 11.6 Å². The van der Waals surface area contributed by atoms with Crippen LogP contribution in [0.2, 0.25) is 0 Å². The zero-order valence-electron chi connectivity index (χ0n) is 6.73. The third kappa shape index (κ3) is 2.60. The van der Waals surface area contributed by atoms with Crippen molar-refractivity contribution in [3.63, 3.8) is 0 Å². The summed E-state index contributed by atoms with van der Waals surface area (Å²) in [6, 6.07) is 2.42. The number of hydrogen-bond donors (Lipinski definition) is 1. The standard InChI is InChI=1S/C9H8BrF2N/c10-6-4-8(11)7(2-1-3-13)9(12)5-6/h1-2,4-5H,3,13H2/b2-1+. The van der Waals surface area contributed by atoms with Gasteiger partial charge in [0.05, 0.1) is 0 Å². The minimum absolute atomic E-state index is 0.0614. The van der Waals surface area contributed by atoms with E-state index in [-0.39, 0.29) is 12.1 Å². The number of benzene rings is 1. The van der Waals surface area contributed by atoms with E-state index < -0.39 is 11.6 Å². The molecular formula is C9H8BrF2N. The van der Waals surface area contributed by atoms with Crippen molar-refractivity contribution < 1.29 is 8.78 Å². The van der Waals surface area contributed by atoms with Crippen LogP contribution in [0.15, 0.2) is 22.7 Å². The van der Waals surface area contributed by atoms with Crippen molar-refractivity contribution in [1.29, 1.82) is 0 Å². The van der Waals surface area contributed by atoms with E-state index in [1.165, 1.54) is 24.3 Å². The van der Waals surface area contributed by atoms with Crippen LogP contribution in [0.25, 0.3) is 6.08 Å². The summed E-state index contributed by atoms with van der Waals surface area (Å²) in [6.45, 7) is 0.259. The van der Waals surface area contributed by atoms with Crippen molar-refractivity contribution in [1.82, 2.24) is 0 Å². The molecule has 0 aliphatic carbocycles. The maximum absolute atomic E-state index is 13.1. The van der Waals surface area contributed by atoms with E-state index >= 15 is 0 Å². The predicted molar refractivity (Wildman–Crippen MR) is 52.1 cm³/mol. The summed E-state index contributed by atoms with van der Waals surface area (Å²) in [4.78, 5) is 0. The lowest BCUT2D eigenvalue weighted by Gasteiger charge is -1.99. The molecule has 70 valence electrons. The van der Waals surface area contributed by atoms with E-state index in [4.69, 9.17) is 5.73 Å². The first-order chi connectivity index (χ1) is 6.15. The van der Waals surface area contributed by atoms with Gasteiger partial charge in [0.1, 0.15) is 11.6 Å². The molecular weight excluding hydrogens is 240 g/mol. The molecule has 0 heterocycles. The minimum Gasteiger partial charge on any atom is -0.327 e. The zero-order chi connectivity index (χ0) is 9.84. The fraction of sp³-hybridized carbons (Fsp3) is 0.111. The highest BCUT2D eigenvalue weighted by molar-refractivity contribution is 9.10. The molecule has 1 nitrogen and oxygen atoms in total. The second kappa shape index (κ2) is 4.48.